The third kappa shape index (κ3) is 6.14. The fourth-order valence-electron chi connectivity index (χ4n) is 4.68. The molecule has 0 unspecified atom stereocenters. The van der Waals surface area contributed by atoms with Crippen molar-refractivity contribution in [3.05, 3.63) is 123 Å². The molecule has 0 saturated heterocycles. The number of esters is 1. The third-order valence-electron chi connectivity index (χ3n) is 6.92. The zero-order chi connectivity index (χ0) is 33.6. The van der Waals surface area contributed by atoms with Gasteiger partial charge in [-0.15, -0.1) is 0 Å². The summed E-state index contributed by atoms with van der Waals surface area (Å²) in [5, 5.41) is 11.8. The second kappa shape index (κ2) is 11.7. The first-order valence-corrected chi connectivity index (χ1v) is 12.9. The number of rotatable bonds is 6. The van der Waals surface area contributed by atoms with Crippen LogP contribution < -0.4 is 20.1 Å². The number of benzene rings is 4. The molecule has 0 aliphatic heterocycles. The number of nitrogens with zero attached hydrogens (tertiary/aromatic N) is 1. The lowest BCUT2D eigenvalue weighted by molar-refractivity contribution is -0.255. The van der Waals surface area contributed by atoms with Crippen molar-refractivity contribution in [2.24, 2.45) is 0 Å². The van der Waals surface area contributed by atoms with Crippen LogP contribution in [0.25, 0.3) is 27.6 Å². The van der Waals surface area contributed by atoms with Crippen molar-refractivity contribution in [3.8, 4) is 28.3 Å². The maximum atomic E-state index is 15.1. The van der Waals surface area contributed by atoms with Crippen molar-refractivity contribution < 1.29 is 54.9 Å². The first-order chi connectivity index (χ1) is 21.6. The highest BCUT2D eigenvalue weighted by Gasteiger charge is 2.32. The number of aromatic carboxylic acids is 1. The largest absolute Gasteiger partial charge is 0.545 e. The molecule has 0 fully saturated rings. The Morgan fingerprint density at radius 3 is 2.02 bits per heavy atom. The molecule has 0 amide bonds. The SMILES string of the molecule is COc1cc(-c2cc(C(F)(F)F)ccc2C(=O)[O-])c2c(=O)n(-c3ccc(OC(=O)c4ccc(C(F)(F)F)cc4)c(F)c3)ccc2c1. The summed E-state index contributed by atoms with van der Waals surface area (Å²) in [7, 11) is 1.26. The lowest BCUT2D eigenvalue weighted by Gasteiger charge is -2.18. The summed E-state index contributed by atoms with van der Waals surface area (Å²) in [6.07, 6.45) is -8.27. The fraction of sp³-hybridized carbons (Fsp3) is 0.0938. The number of methoxy groups -OCH3 is 1. The molecule has 0 aliphatic rings. The summed E-state index contributed by atoms with van der Waals surface area (Å²) < 4.78 is 105. The van der Waals surface area contributed by atoms with Gasteiger partial charge in [-0.2, -0.15) is 26.3 Å². The molecule has 7 nitrogen and oxygen atoms in total. The summed E-state index contributed by atoms with van der Waals surface area (Å²) in [6.45, 7) is 0. The number of pyridine rings is 1. The van der Waals surface area contributed by atoms with Crippen LogP contribution in [0.2, 0.25) is 0 Å². The van der Waals surface area contributed by atoms with E-state index in [9.17, 15) is 45.8 Å². The van der Waals surface area contributed by atoms with Crippen LogP contribution >= 0.6 is 0 Å². The molecule has 5 aromatic rings. The highest BCUT2D eigenvalue weighted by molar-refractivity contribution is 6.03. The van der Waals surface area contributed by atoms with Gasteiger partial charge in [0.15, 0.2) is 11.6 Å². The first-order valence-electron chi connectivity index (χ1n) is 12.9. The summed E-state index contributed by atoms with van der Waals surface area (Å²) in [5.74, 6) is -4.63. The molecular formula is C32H17F7NO6-. The van der Waals surface area contributed by atoms with E-state index in [0.29, 0.717) is 30.3 Å². The molecule has 1 heterocycles. The number of carbonyl (C=O) groups excluding carboxylic acids is 2. The Kier molecular flexibility index (Phi) is 8.07. The number of alkyl halides is 6. The highest BCUT2D eigenvalue weighted by atomic mass is 19.4. The number of halogens is 7. The maximum absolute atomic E-state index is 15.1. The van der Waals surface area contributed by atoms with Gasteiger partial charge in [0, 0.05) is 17.8 Å². The van der Waals surface area contributed by atoms with Gasteiger partial charge < -0.3 is 19.4 Å². The Labute approximate surface area is 253 Å². The summed E-state index contributed by atoms with van der Waals surface area (Å²) >= 11 is 0. The van der Waals surface area contributed by atoms with Crippen LogP contribution in [0.1, 0.15) is 31.8 Å². The lowest BCUT2D eigenvalue weighted by atomic mass is 9.93. The quantitative estimate of drug-likeness (QED) is 0.120. The van der Waals surface area contributed by atoms with Crippen molar-refractivity contribution in [2.75, 3.05) is 7.11 Å². The van der Waals surface area contributed by atoms with Gasteiger partial charge >= 0.3 is 18.3 Å². The van der Waals surface area contributed by atoms with E-state index in [1.165, 1.54) is 37.6 Å². The van der Waals surface area contributed by atoms with Gasteiger partial charge in [-0.25, -0.2) is 9.18 Å². The van der Waals surface area contributed by atoms with Crippen LogP contribution in [0.4, 0.5) is 30.7 Å². The van der Waals surface area contributed by atoms with Crippen LogP contribution in [0, 0.1) is 5.82 Å². The average molecular weight is 644 g/mol. The number of hydrogen-bond acceptors (Lipinski definition) is 6. The van der Waals surface area contributed by atoms with Crippen molar-refractivity contribution in [1.29, 1.82) is 0 Å². The Hall–Kier alpha value is -5.66. The highest BCUT2D eigenvalue weighted by Crippen LogP contribution is 2.38. The van der Waals surface area contributed by atoms with E-state index in [2.05, 4.69) is 0 Å². The average Bonchev–Trinajstić information content (AvgIpc) is 3.00. The molecule has 0 bridgehead atoms. The molecule has 0 saturated carbocycles. The van der Waals surface area contributed by atoms with E-state index in [4.69, 9.17) is 9.47 Å². The number of fused-ring (bicyclic) bond motifs is 1. The monoisotopic (exact) mass is 644 g/mol. The van der Waals surface area contributed by atoms with Gasteiger partial charge in [0.25, 0.3) is 5.56 Å². The van der Waals surface area contributed by atoms with Gasteiger partial charge in [0.05, 0.1) is 40.8 Å². The molecular weight excluding hydrogens is 627 g/mol. The van der Waals surface area contributed by atoms with Gasteiger partial charge in [-0.05, 0) is 83.2 Å². The third-order valence-corrected chi connectivity index (χ3v) is 6.92. The minimum atomic E-state index is -4.86. The first kappa shape index (κ1) is 31.8. The normalized spacial score (nSPS) is 11.8. The number of carbonyl (C=O) groups is 2. The van der Waals surface area contributed by atoms with Gasteiger partial charge in [0.1, 0.15) is 5.75 Å². The van der Waals surface area contributed by atoms with E-state index in [1.807, 2.05) is 0 Å². The van der Waals surface area contributed by atoms with Gasteiger partial charge in [-0.1, -0.05) is 6.07 Å². The van der Waals surface area contributed by atoms with E-state index in [1.54, 1.807) is 0 Å². The van der Waals surface area contributed by atoms with E-state index < -0.39 is 63.7 Å². The Morgan fingerprint density at radius 1 is 0.783 bits per heavy atom. The predicted octanol–water partition coefficient (Wildman–Crippen LogP) is 6.43. The second-order valence-electron chi connectivity index (χ2n) is 9.76. The number of carboxylic acids is 1. The fourth-order valence-corrected chi connectivity index (χ4v) is 4.68. The maximum Gasteiger partial charge on any atom is 0.416 e. The molecule has 236 valence electrons. The predicted molar refractivity (Wildman–Crippen MR) is 147 cm³/mol. The topological polar surface area (TPSA) is 97.7 Å². The van der Waals surface area contributed by atoms with Crippen molar-refractivity contribution in [1.82, 2.24) is 4.57 Å². The summed E-state index contributed by atoms with van der Waals surface area (Å²) in [5.41, 5.74) is -4.85. The number of hydrogen-bond donors (Lipinski definition) is 0. The van der Waals surface area contributed by atoms with Crippen molar-refractivity contribution in [2.45, 2.75) is 12.4 Å². The van der Waals surface area contributed by atoms with E-state index >= 15 is 4.39 Å². The lowest BCUT2D eigenvalue weighted by Crippen LogP contribution is -2.24. The van der Waals surface area contributed by atoms with Gasteiger partial charge in [0.2, 0.25) is 0 Å². The molecule has 0 radical (unpaired) electrons. The molecule has 46 heavy (non-hydrogen) atoms. The molecule has 0 N–H and O–H groups in total. The minimum Gasteiger partial charge on any atom is -0.545 e. The summed E-state index contributed by atoms with van der Waals surface area (Å²) in [6, 6.07) is 11.8. The number of ether oxygens (including phenoxy) is 2. The van der Waals surface area contributed by atoms with Gasteiger partial charge in [-0.3, -0.25) is 9.36 Å². The number of aromatic nitrogens is 1. The molecule has 5 rings (SSSR count). The Bertz CT molecular complexity index is 2070. The Morgan fingerprint density at radius 2 is 1.43 bits per heavy atom. The molecule has 0 aliphatic carbocycles. The molecule has 14 heteroatoms. The van der Waals surface area contributed by atoms with Crippen LogP contribution in [0.3, 0.4) is 0 Å². The van der Waals surface area contributed by atoms with Crippen molar-refractivity contribution >= 4 is 22.7 Å². The Balaban J connectivity index is 1.58. The smallest absolute Gasteiger partial charge is 0.416 e. The standard InChI is InChI=1S/C32H18F7NO6/c1-45-21-12-17-10-11-40(28(41)27(17)24(15-21)23-13-19(32(37,38)39)6-8-22(23)29(42)43)20-7-9-26(25(33)14-20)46-30(44)16-2-4-18(5-3-16)31(34,35)36/h2-15H,1H3,(H,42,43)/p-1. The molecule has 1 aromatic heterocycles. The van der Waals surface area contributed by atoms with Crippen molar-refractivity contribution in [3.63, 3.8) is 0 Å². The van der Waals surface area contributed by atoms with E-state index in [0.717, 1.165) is 28.8 Å². The zero-order valence-corrected chi connectivity index (χ0v) is 23.1. The van der Waals surface area contributed by atoms with Crippen LogP contribution in [-0.2, 0) is 12.4 Å². The molecule has 0 atom stereocenters. The molecule has 4 aromatic carbocycles. The van der Waals surface area contributed by atoms with Crippen LogP contribution in [0.15, 0.2) is 89.9 Å². The van der Waals surface area contributed by atoms with Crippen LogP contribution in [0.5, 0.6) is 11.5 Å². The zero-order valence-electron chi connectivity index (χ0n) is 23.1. The molecule has 0 spiro atoms. The van der Waals surface area contributed by atoms with E-state index in [-0.39, 0.29) is 33.3 Å². The second-order valence-corrected chi connectivity index (χ2v) is 9.76. The van der Waals surface area contributed by atoms with Crippen LogP contribution in [-0.4, -0.2) is 23.6 Å². The summed E-state index contributed by atoms with van der Waals surface area (Å²) in [4.78, 5) is 38.1. The minimum absolute atomic E-state index is 0.0895. The number of carboxylic acid groups (broad SMARTS) is 1.